The summed E-state index contributed by atoms with van der Waals surface area (Å²) in [6.45, 7) is 6.19. The Labute approximate surface area is 144 Å². The van der Waals surface area contributed by atoms with Crippen molar-refractivity contribution >= 4 is 5.96 Å². The lowest BCUT2D eigenvalue weighted by Crippen LogP contribution is -2.42. The normalized spacial score (nSPS) is 22.5. The molecule has 1 aromatic rings. The van der Waals surface area contributed by atoms with E-state index < -0.39 is 0 Å². The number of ether oxygens (including phenoxy) is 1. The largest absolute Gasteiger partial charge is 0.381 e. The van der Waals surface area contributed by atoms with Crippen molar-refractivity contribution in [3.05, 3.63) is 35.6 Å². The Morgan fingerprint density at radius 2 is 2.21 bits per heavy atom. The van der Waals surface area contributed by atoms with E-state index in [-0.39, 0.29) is 11.2 Å². The third-order valence-electron chi connectivity index (χ3n) is 5.08. The molecule has 2 aliphatic rings. The first-order chi connectivity index (χ1) is 11.6. The van der Waals surface area contributed by atoms with Crippen LogP contribution in [0.15, 0.2) is 29.3 Å². The number of halogens is 1. The third kappa shape index (κ3) is 3.89. The number of hydrogen-bond acceptors (Lipinski definition) is 2. The Bertz CT molecular complexity index is 580. The minimum absolute atomic E-state index is 0.105. The van der Waals surface area contributed by atoms with Gasteiger partial charge in [0.05, 0.1) is 13.2 Å². The highest BCUT2D eigenvalue weighted by atomic mass is 19.1. The quantitative estimate of drug-likeness (QED) is 0.642. The topological polar surface area (TPSA) is 36.9 Å². The van der Waals surface area contributed by atoms with Crippen LogP contribution in [0, 0.1) is 11.7 Å². The first kappa shape index (κ1) is 17.2. The predicted molar refractivity (Wildman–Crippen MR) is 94.8 cm³/mol. The molecular formula is C19H28FN3O. The minimum atomic E-state index is -0.108. The number of hydrogen-bond donors (Lipinski definition) is 1. The molecule has 0 amide bonds. The maximum atomic E-state index is 14.1. The van der Waals surface area contributed by atoms with Gasteiger partial charge in [-0.15, -0.1) is 0 Å². The molecule has 3 rings (SSSR count). The Hall–Kier alpha value is -1.62. The van der Waals surface area contributed by atoms with Gasteiger partial charge in [0.1, 0.15) is 5.82 Å². The molecule has 0 aromatic heterocycles. The number of aliphatic imine (C=N–C) groups is 1. The van der Waals surface area contributed by atoms with Crippen molar-refractivity contribution in [1.29, 1.82) is 0 Å². The Balaban J connectivity index is 1.68. The van der Waals surface area contributed by atoms with Crippen LogP contribution >= 0.6 is 0 Å². The average Bonchev–Trinajstić information content (AvgIpc) is 3.19. The first-order valence-corrected chi connectivity index (χ1v) is 8.97. The summed E-state index contributed by atoms with van der Waals surface area (Å²) in [5.41, 5.74) is 0.708. The molecule has 2 fully saturated rings. The van der Waals surface area contributed by atoms with Gasteiger partial charge >= 0.3 is 0 Å². The fraction of sp³-hybridized carbons (Fsp3) is 0.632. The Morgan fingerprint density at radius 3 is 2.83 bits per heavy atom. The molecule has 1 aliphatic heterocycles. The molecule has 1 heterocycles. The van der Waals surface area contributed by atoms with Gasteiger partial charge in [0, 0.05) is 38.1 Å². The molecule has 0 bridgehead atoms. The molecule has 1 unspecified atom stereocenters. The lowest BCUT2D eigenvalue weighted by molar-refractivity contribution is 0.181. The van der Waals surface area contributed by atoms with Crippen LogP contribution in [0.1, 0.15) is 31.7 Å². The molecule has 1 aliphatic carbocycles. The zero-order chi connectivity index (χ0) is 17.0. The van der Waals surface area contributed by atoms with E-state index in [2.05, 4.69) is 24.2 Å². The van der Waals surface area contributed by atoms with Gasteiger partial charge in [-0.3, -0.25) is 4.99 Å². The standard InChI is InChI=1S/C19H28FN3O/c1-3-21-18(23(2)12-15-8-11-24-13-15)22-14-19(9-10-19)16-6-4-5-7-17(16)20/h4-7,15H,3,8-14H2,1-2H3,(H,21,22). The van der Waals surface area contributed by atoms with Crippen molar-refractivity contribution in [2.45, 2.75) is 31.6 Å². The highest BCUT2D eigenvalue weighted by Crippen LogP contribution is 2.49. The lowest BCUT2D eigenvalue weighted by Gasteiger charge is -2.25. The van der Waals surface area contributed by atoms with Gasteiger partial charge in [0.15, 0.2) is 5.96 Å². The van der Waals surface area contributed by atoms with E-state index in [1.807, 2.05) is 12.1 Å². The van der Waals surface area contributed by atoms with Crippen LogP contribution < -0.4 is 5.32 Å². The lowest BCUT2D eigenvalue weighted by atomic mass is 9.95. The highest BCUT2D eigenvalue weighted by molar-refractivity contribution is 5.79. The maximum absolute atomic E-state index is 14.1. The summed E-state index contributed by atoms with van der Waals surface area (Å²) in [6.07, 6.45) is 3.14. The molecule has 24 heavy (non-hydrogen) atoms. The second-order valence-electron chi connectivity index (χ2n) is 7.04. The van der Waals surface area contributed by atoms with E-state index >= 15 is 0 Å². The summed E-state index contributed by atoms with van der Waals surface area (Å²) >= 11 is 0. The minimum Gasteiger partial charge on any atom is -0.381 e. The molecule has 1 N–H and O–H groups in total. The second kappa shape index (κ2) is 7.51. The number of rotatable bonds is 6. The van der Waals surface area contributed by atoms with Crippen LogP contribution in [0.2, 0.25) is 0 Å². The molecule has 0 radical (unpaired) electrons. The predicted octanol–water partition coefficient (Wildman–Crippen LogP) is 2.79. The zero-order valence-corrected chi connectivity index (χ0v) is 14.7. The fourth-order valence-electron chi connectivity index (χ4n) is 3.45. The van der Waals surface area contributed by atoms with E-state index in [0.29, 0.717) is 12.5 Å². The van der Waals surface area contributed by atoms with Crippen LogP contribution in [0.4, 0.5) is 4.39 Å². The van der Waals surface area contributed by atoms with Gasteiger partial charge in [0.25, 0.3) is 0 Å². The highest BCUT2D eigenvalue weighted by Gasteiger charge is 2.45. The van der Waals surface area contributed by atoms with Crippen LogP contribution in [0.25, 0.3) is 0 Å². The van der Waals surface area contributed by atoms with Gasteiger partial charge in [0.2, 0.25) is 0 Å². The van der Waals surface area contributed by atoms with E-state index in [9.17, 15) is 4.39 Å². The molecule has 1 saturated heterocycles. The molecule has 0 spiro atoms. The molecule has 1 aromatic carbocycles. The van der Waals surface area contributed by atoms with Gasteiger partial charge in [-0.2, -0.15) is 0 Å². The van der Waals surface area contributed by atoms with Crippen LogP contribution in [-0.4, -0.2) is 50.8 Å². The third-order valence-corrected chi connectivity index (χ3v) is 5.08. The van der Waals surface area contributed by atoms with Crippen molar-refractivity contribution in [3.63, 3.8) is 0 Å². The van der Waals surface area contributed by atoms with Gasteiger partial charge in [-0.25, -0.2) is 4.39 Å². The summed E-state index contributed by atoms with van der Waals surface area (Å²) in [6, 6.07) is 7.13. The van der Waals surface area contributed by atoms with Crippen molar-refractivity contribution in [1.82, 2.24) is 10.2 Å². The van der Waals surface area contributed by atoms with Crippen LogP contribution in [0.3, 0.4) is 0 Å². The van der Waals surface area contributed by atoms with E-state index in [0.717, 1.165) is 57.1 Å². The Morgan fingerprint density at radius 1 is 1.42 bits per heavy atom. The SMILES string of the molecule is CCNC(=NCC1(c2ccccc2F)CC1)N(C)CC1CCOC1. The fourth-order valence-corrected chi connectivity index (χ4v) is 3.45. The van der Waals surface area contributed by atoms with Crippen LogP contribution in [-0.2, 0) is 10.2 Å². The summed E-state index contributed by atoms with van der Waals surface area (Å²) in [7, 11) is 2.07. The summed E-state index contributed by atoms with van der Waals surface area (Å²) in [5.74, 6) is 1.37. The van der Waals surface area contributed by atoms with Crippen molar-refractivity contribution < 1.29 is 9.13 Å². The van der Waals surface area contributed by atoms with Gasteiger partial charge in [-0.05, 0) is 37.8 Å². The number of nitrogens with one attached hydrogen (secondary N) is 1. The van der Waals surface area contributed by atoms with Crippen LogP contribution in [0.5, 0.6) is 0 Å². The second-order valence-corrected chi connectivity index (χ2v) is 7.04. The molecule has 132 valence electrons. The summed E-state index contributed by atoms with van der Waals surface area (Å²) in [5, 5.41) is 3.36. The number of guanidine groups is 1. The van der Waals surface area contributed by atoms with Gasteiger partial charge in [-0.1, -0.05) is 18.2 Å². The number of benzene rings is 1. The van der Waals surface area contributed by atoms with E-state index in [4.69, 9.17) is 9.73 Å². The van der Waals surface area contributed by atoms with Crippen molar-refractivity contribution in [2.24, 2.45) is 10.9 Å². The molecule has 5 heteroatoms. The smallest absolute Gasteiger partial charge is 0.193 e. The average molecular weight is 333 g/mol. The van der Waals surface area contributed by atoms with E-state index in [1.165, 1.54) is 0 Å². The molecule has 1 atom stereocenters. The summed E-state index contributed by atoms with van der Waals surface area (Å²) < 4.78 is 19.6. The van der Waals surface area contributed by atoms with Gasteiger partial charge < -0.3 is 15.0 Å². The Kier molecular flexibility index (Phi) is 5.39. The van der Waals surface area contributed by atoms with E-state index in [1.54, 1.807) is 12.1 Å². The molecule has 1 saturated carbocycles. The molecular weight excluding hydrogens is 305 g/mol. The monoisotopic (exact) mass is 333 g/mol. The molecule has 4 nitrogen and oxygen atoms in total. The first-order valence-electron chi connectivity index (χ1n) is 8.97. The van der Waals surface area contributed by atoms with Crippen molar-refractivity contribution in [2.75, 3.05) is 39.9 Å². The summed E-state index contributed by atoms with van der Waals surface area (Å²) in [4.78, 5) is 7.01. The maximum Gasteiger partial charge on any atom is 0.193 e. The zero-order valence-electron chi connectivity index (χ0n) is 14.7. The van der Waals surface area contributed by atoms with Crippen molar-refractivity contribution in [3.8, 4) is 0 Å². The number of nitrogens with zero attached hydrogens (tertiary/aromatic N) is 2.